The topological polar surface area (TPSA) is 67.8 Å². The van der Waals surface area contributed by atoms with Gasteiger partial charge in [0.05, 0.1) is 6.21 Å². The molecule has 0 atom stereocenters. The van der Waals surface area contributed by atoms with Crippen LogP contribution in [0.5, 0.6) is 5.75 Å². The summed E-state index contributed by atoms with van der Waals surface area (Å²) in [5.74, 6) is -0.0923. The molecule has 0 fully saturated rings. The Balaban J connectivity index is 1.61. The normalized spacial score (nSPS) is 11.4. The van der Waals surface area contributed by atoms with E-state index >= 15 is 0 Å². The molecule has 3 aromatic rings. The van der Waals surface area contributed by atoms with Gasteiger partial charge in [-0.3, -0.25) is 9.59 Å². The van der Waals surface area contributed by atoms with Crippen molar-refractivity contribution in [2.45, 2.75) is 19.4 Å². The highest BCUT2D eigenvalue weighted by Gasteiger charge is 2.30. The van der Waals surface area contributed by atoms with Gasteiger partial charge in [-0.1, -0.05) is 35.3 Å². The molecule has 1 amide bonds. The Labute approximate surface area is 190 Å². The molecule has 0 aromatic heterocycles. The summed E-state index contributed by atoms with van der Waals surface area (Å²) in [5, 5.41) is 5.14. The fourth-order valence-corrected chi connectivity index (χ4v) is 2.88. The molecule has 0 aliphatic heterocycles. The van der Waals surface area contributed by atoms with Gasteiger partial charge in [0.15, 0.2) is 11.4 Å². The van der Waals surface area contributed by atoms with Crippen LogP contribution in [0.25, 0.3) is 0 Å². The highest BCUT2D eigenvalue weighted by atomic mass is 35.5. The minimum atomic E-state index is -1.18. The van der Waals surface area contributed by atoms with E-state index < -0.39 is 11.5 Å². The number of hydrazone groups is 1. The maximum Gasteiger partial charge on any atom is 0.283 e. The van der Waals surface area contributed by atoms with Gasteiger partial charge >= 0.3 is 0 Å². The fourth-order valence-electron chi connectivity index (χ4n) is 2.63. The van der Waals surface area contributed by atoms with Crippen LogP contribution in [0.2, 0.25) is 10.0 Å². The second-order valence-corrected chi connectivity index (χ2v) is 8.10. The van der Waals surface area contributed by atoms with Gasteiger partial charge in [-0.2, -0.15) is 5.10 Å². The summed E-state index contributed by atoms with van der Waals surface area (Å²) >= 11 is 11.7. The molecule has 0 bridgehead atoms. The number of amides is 1. The molecule has 0 aliphatic rings. The van der Waals surface area contributed by atoms with Crippen LogP contribution in [0.3, 0.4) is 0 Å². The standard InChI is InChI=1S/C24H20Cl2N2O3/c1-24(2,23(30)28-27-15-16-3-9-19(25)10-4-16)31-21-13-7-18(8-14-21)22(29)17-5-11-20(26)12-6-17/h3-15H,1-2H3,(H,28,30)/b27-15+. The van der Waals surface area contributed by atoms with Gasteiger partial charge in [-0.15, -0.1) is 0 Å². The lowest BCUT2D eigenvalue weighted by molar-refractivity contribution is -0.134. The highest BCUT2D eigenvalue weighted by molar-refractivity contribution is 6.31. The van der Waals surface area contributed by atoms with Crippen molar-refractivity contribution in [3.63, 3.8) is 0 Å². The molecule has 0 saturated heterocycles. The van der Waals surface area contributed by atoms with Crippen molar-refractivity contribution >= 4 is 41.1 Å². The lowest BCUT2D eigenvalue weighted by Gasteiger charge is -2.24. The number of benzene rings is 3. The first kappa shape index (κ1) is 22.5. The SMILES string of the molecule is CC(C)(Oc1ccc(C(=O)c2ccc(Cl)cc2)cc1)C(=O)N/N=C/c1ccc(Cl)cc1. The number of ketones is 1. The minimum absolute atomic E-state index is 0.128. The van der Waals surface area contributed by atoms with Crippen molar-refractivity contribution in [3.05, 3.63) is 99.5 Å². The smallest absolute Gasteiger partial charge is 0.283 e. The first-order chi connectivity index (χ1) is 14.7. The fraction of sp³-hybridized carbons (Fsp3) is 0.125. The average molecular weight is 455 g/mol. The van der Waals surface area contributed by atoms with E-state index in [0.717, 1.165) is 5.56 Å². The lowest BCUT2D eigenvalue weighted by Crippen LogP contribution is -2.44. The third kappa shape index (κ3) is 6.17. The van der Waals surface area contributed by atoms with Crippen LogP contribution in [-0.2, 0) is 4.79 Å². The van der Waals surface area contributed by atoms with Crippen LogP contribution < -0.4 is 10.2 Å². The van der Waals surface area contributed by atoms with Crippen LogP contribution in [0.4, 0.5) is 0 Å². The molecule has 3 aromatic carbocycles. The van der Waals surface area contributed by atoms with Crippen LogP contribution in [0.1, 0.15) is 35.3 Å². The Hall–Kier alpha value is -3.15. The van der Waals surface area contributed by atoms with E-state index in [0.29, 0.717) is 26.9 Å². The quantitative estimate of drug-likeness (QED) is 0.289. The van der Waals surface area contributed by atoms with E-state index in [-0.39, 0.29) is 5.78 Å². The zero-order chi connectivity index (χ0) is 22.4. The summed E-state index contributed by atoms with van der Waals surface area (Å²) in [6.45, 7) is 3.26. The van der Waals surface area contributed by atoms with E-state index in [4.69, 9.17) is 27.9 Å². The van der Waals surface area contributed by atoms with E-state index in [1.165, 1.54) is 6.21 Å². The molecule has 0 unspecified atom stereocenters. The Morgan fingerprint density at radius 3 is 1.87 bits per heavy atom. The molecular formula is C24H20Cl2N2O3. The van der Waals surface area contributed by atoms with Crippen molar-refractivity contribution in [1.82, 2.24) is 5.43 Å². The minimum Gasteiger partial charge on any atom is -0.478 e. The van der Waals surface area contributed by atoms with Gasteiger partial charge in [0.1, 0.15) is 5.75 Å². The number of hydrogen-bond donors (Lipinski definition) is 1. The van der Waals surface area contributed by atoms with E-state index in [1.54, 1.807) is 86.6 Å². The highest BCUT2D eigenvalue weighted by Crippen LogP contribution is 2.21. The first-order valence-electron chi connectivity index (χ1n) is 9.43. The largest absolute Gasteiger partial charge is 0.478 e. The van der Waals surface area contributed by atoms with Gasteiger partial charge in [-0.05, 0) is 80.1 Å². The molecule has 1 N–H and O–H groups in total. The molecular weight excluding hydrogens is 435 g/mol. The van der Waals surface area contributed by atoms with Crippen molar-refractivity contribution in [2.75, 3.05) is 0 Å². The third-order valence-corrected chi connectivity index (χ3v) is 4.90. The summed E-state index contributed by atoms with van der Waals surface area (Å²) in [6, 6.07) is 20.3. The van der Waals surface area contributed by atoms with Crippen molar-refractivity contribution in [1.29, 1.82) is 0 Å². The van der Waals surface area contributed by atoms with E-state index in [1.807, 2.05) is 0 Å². The first-order valence-corrected chi connectivity index (χ1v) is 10.2. The van der Waals surface area contributed by atoms with Crippen LogP contribution >= 0.6 is 23.2 Å². The number of hydrogen-bond acceptors (Lipinski definition) is 4. The van der Waals surface area contributed by atoms with Crippen LogP contribution in [-0.4, -0.2) is 23.5 Å². The molecule has 0 spiro atoms. The summed E-state index contributed by atoms with van der Waals surface area (Å²) in [7, 11) is 0. The molecule has 0 saturated carbocycles. The maximum absolute atomic E-state index is 12.5. The number of nitrogens with zero attached hydrogens (tertiary/aromatic N) is 1. The van der Waals surface area contributed by atoms with Gasteiger partial charge in [0.2, 0.25) is 0 Å². The van der Waals surface area contributed by atoms with Crippen LogP contribution in [0, 0.1) is 0 Å². The zero-order valence-corrected chi connectivity index (χ0v) is 18.4. The van der Waals surface area contributed by atoms with Gasteiger partial charge in [0, 0.05) is 21.2 Å². The molecule has 158 valence electrons. The van der Waals surface area contributed by atoms with Gasteiger partial charge < -0.3 is 4.74 Å². The average Bonchev–Trinajstić information content (AvgIpc) is 2.75. The number of nitrogens with one attached hydrogen (secondary N) is 1. The number of ether oxygens (including phenoxy) is 1. The second-order valence-electron chi connectivity index (χ2n) is 7.22. The van der Waals surface area contributed by atoms with Crippen molar-refractivity contribution in [3.8, 4) is 5.75 Å². The molecule has 0 heterocycles. The molecule has 0 aliphatic carbocycles. The summed E-state index contributed by atoms with van der Waals surface area (Å²) < 4.78 is 5.81. The van der Waals surface area contributed by atoms with Crippen LogP contribution in [0.15, 0.2) is 77.9 Å². The number of carbonyl (C=O) groups is 2. The number of rotatable bonds is 7. The molecule has 3 rings (SSSR count). The molecule has 31 heavy (non-hydrogen) atoms. The van der Waals surface area contributed by atoms with E-state index in [2.05, 4.69) is 10.5 Å². The summed E-state index contributed by atoms with van der Waals surface area (Å²) in [4.78, 5) is 25.0. The Kier molecular flexibility index (Phi) is 7.10. The predicted octanol–water partition coefficient (Wildman–Crippen LogP) is 5.53. The molecule has 5 nitrogen and oxygen atoms in total. The maximum atomic E-state index is 12.5. The van der Waals surface area contributed by atoms with Crippen molar-refractivity contribution in [2.24, 2.45) is 5.10 Å². The third-order valence-electron chi connectivity index (χ3n) is 4.39. The monoisotopic (exact) mass is 454 g/mol. The Bertz CT molecular complexity index is 1090. The number of carbonyl (C=O) groups excluding carboxylic acids is 2. The Morgan fingerprint density at radius 1 is 0.839 bits per heavy atom. The summed E-state index contributed by atoms with van der Waals surface area (Å²) in [5.41, 5.74) is 3.13. The molecule has 0 radical (unpaired) electrons. The van der Waals surface area contributed by atoms with Crippen molar-refractivity contribution < 1.29 is 14.3 Å². The Morgan fingerprint density at radius 2 is 1.32 bits per heavy atom. The van der Waals surface area contributed by atoms with Gasteiger partial charge in [0.25, 0.3) is 5.91 Å². The van der Waals surface area contributed by atoms with Gasteiger partial charge in [-0.25, -0.2) is 5.43 Å². The predicted molar refractivity (Wildman–Crippen MR) is 123 cm³/mol. The zero-order valence-electron chi connectivity index (χ0n) is 16.9. The van der Waals surface area contributed by atoms with E-state index in [9.17, 15) is 9.59 Å². The molecule has 7 heteroatoms. The summed E-state index contributed by atoms with van der Waals surface area (Å²) in [6.07, 6.45) is 1.52. The number of halogens is 2. The second kappa shape index (κ2) is 9.77. The lowest BCUT2D eigenvalue weighted by atomic mass is 10.0.